The molecule has 8 heteroatoms. The molecule has 0 fully saturated rings. The van der Waals surface area contributed by atoms with Gasteiger partial charge in [-0.25, -0.2) is 0 Å². The van der Waals surface area contributed by atoms with Crippen molar-refractivity contribution < 1.29 is 29.2 Å². The van der Waals surface area contributed by atoms with Gasteiger partial charge in [0, 0.05) is 47.3 Å². The van der Waals surface area contributed by atoms with Gasteiger partial charge in [0.1, 0.15) is 22.5 Å². The van der Waals surface area contributed by atoms with Crippen molar-refractivity contribution in [1.29, 1.82) is 0 Å². The summed E-state index contributed by atoms with van der Waals surface area (Å²) in [4.78, 5) is 17.3. The van der Waals surface area contributed by atoms with E-state index < -0.39 is 0 Å². The molecule has 0 amide bonds. The highest BCUT2D eigenvalue weighted by atomic mass is 16.5. The fourth-order valence-corrected chi connectivity index (χ4v) is 6.35. The van der Waals surface area contributed by atoms with Crippen molar-refractivity contribution in [1.82, 2.24) is 4.98 Å². The number of aromatic hydroxyl groups is 2. The summed E-state index contributed by atoms with van der Waals surface area (Å²) in [5.74, 6) is 0.540. The molecule has 0 spiro atoms. The standard InChI is InChI=1S/C38H39NO7/c1-22(2)8-9-25(20-24-6-4-7-28-27(24)14-15-30-29(28)16-17-39-30)33-35(43)38(44-3)37(45-19-5-18-40)34-31(42)21-32(46-36(33)34)23-10-12-26(41)13-11-23/h4,6-7,10-17,21-22,25,39-41,43H,5,8-9,18-20H2,1-3H3/t25-/m1/s1. The predicted molar refractivity (Wildman–Crippen MR) is 181 cm³/mol. The van der Waals surface area contributed by atoms with E-state index in [0.717, 1.165) is 33.7 Å². The highest BCUT2D eigenvalue weighted by Crippen LogP contribution is 2.50. The Bertz CT molecular complexity index is 2060. The molecule has 0 aliphatic carbocycles. The number of aliphatic hydroxyl groups is 1. The molecule has 0 unspecified atom stereocenters. The molecule has 0 aliphatic rings. The fourth-order valence-electron chi connectivity index (χ4n) is 6.35. The van der Waals surface area contributed by atoms with Crippen LogP contribution in [0, 0.1) is 5.92 Å². The maximum Gasteiger partial charge on any atom is 0.204 e. The predicted octanol–water partition coefficient (Wildman–Crippen LogP) is 8.04. The number of H-pyrrole nitrogens is 1. The van der Waals surface area contributed by atoms with E-state index in [1.165, 1.54) is 25.3 Å². The first-order valence-corrected chi connectivity index (χ1v) is 15.7. The number of fused-ring (bicyclic) bond motifs is 4. The Kier molecular flexibility index (Phi) is 8.90. The first-order valence-electron chi connectivity index (χ1n) is 15.7. The molecule has 6 rings (SSSR count). The number of methoxy groups -OCH3 is 1. The maximum absolute atomic E-state index is 14.0. The topological polar surface area (TPSA) is 125 Å². The molecule has 0 aliphatic heterocycles. The molecular weight excluding hydrogens is 582 g/mol. The first-order chi connectivity index (χ1) is 22.3. The van der Waals surface area contributed by atoms with Crippen molar-refractivity contribution >= 4 is 32.6 Å². The van der Waals surface area contributed by atoms with Crippen LogP contribution < -0.4 is 14.9 Å². The number of rotatable bonds is 12. The van der Waals surface area contributed by atoms with E-state index >= 15 is 0 Å². The van der Waals surface area contributed by atoms with E-state index in [0.29, 0.717) is 42.1 Å². The van der Waals surface area contributed by atoms with Crippen LogP contribution >= 0.6 is 0 Å². The SMILES string of the molecule is COc1c(O)c([C@H](CCC(C)C)Cc2cccc3c2ccc2[nH]ccc23)c2oc(-c3ccc(O)cc3)cc(=O)c2c1OCCCO. The van der Waals surface area contributed by atoms with E-state index in [4.69, 9.17) is 13.9 Å². The minimum Gasteiger partial charge on any atom is -0.508 e. The average Bonchev–Trinajstić information content (AvgIpc) is 3.53. The van der Waals surface area contributed by atoms with Gasteiger partial charge in [0.15, 0.2) is 16.9 Å². The van der Waals surface area contributed by atoms with E-state index in [9.17, 15) is 20.1 Å². The number of nitrogens with one attached hydrogen (secondary N) is 1. The van der Waals surface area contributed by atoms with E-state index in [1.54, 1.807) is 12.1 Å². The summed E-state index contributed by atoms with van der Waals surface area (Å²) in [5, 5.41) is 34.8. The maximum atomic E-state index is 14.0. The smallest absolute Gasteiger partial charge is 0.204 e. The molecule has 0 bridgehead atoms. The zero-order chi connectivity index (χ0) is 32.4. The lowest BCUT2D eigenvalue weighted by Crippen LogP contribution is -2.12. The van der Waals surface area contributed by atoms with Crippen molar-refractivity contribution in [2.24, 2.45) is 5.92 Å². The number of aliphatic hydroxyl groups excluding tert-OH is 1. The molecule has 0 saturated carbocycles. The van der Waals surface area contributed by atoms with Crippen LogP contribution in [0.15, 0.2) is 82.1 Å². The Hall–Kier alpha value is -4.95. The van der Waals surface area contributed by atoms with Gasteiger partial charge in [-0.05, 0) is 77.4 Å². The molecule has 1 atom stereocenters. The molecule has 8 nitrogen and oxygen atoms in total. The summed E-state index contributed by atoms with van der Waals surface area (Å²) >= 11 is 0. The Morgan fingerprint density at radius 1 is 0.913 bits per heavy atom. The fraction of sp³-hybridized carbons (Fsp3) is 0.289. The molecule has 6 aromatic rings. The third-order valence-electron chi connectivity index (χ3n) is 8.65. The Morgan fingerprint density at radius 2 is 1.72 bits per heavy atom. The zero-order valence-corrected chi connectivity index (χ0v) is 26.3. The van der Waals surface area contributed by atoms with Crippen LogP contribution in [0.25, 0.3) is 44.0 Å². The molecule has 0 saturated heterocycles. The van der Waals surface area contributed by atoms with Gasteiger partial charge in [0.2, 0.25) is 5.75 Å². The Labute approximate surface area is 266 Å². The average molecular weight is 622 g/mol. The molecule has 2 heterocycles. The second kappa shape index (κ2) is 13.2. The number of benzene rings is 4. The van der Waals surface area contributed by atoms with E-state index in [1.807, 2.05) is 6.20 Å². The van der Waals surface area contributed by atoms with Crippen molar-refractivity contribution in [2.75, 3.05) is 20.3 Å². The number of aromatic nitrogens is 1. The molecule has 238 valence electrons. The van der Waals surface area contributed by atoms with Crippen LogP contribution in [0.4, 0.5) is 0 Å². The molecule has 46 heavy (non-hydrogen) atoms. The van der Waals surface area contributed by atoms with Gasteiger partial charge in [-0.2, -0.15) is 0 Å². The van der Waals surface area contributed by atoms with Gasteiger partial charge in [-0.15, -0.1) is 0 Å². The molecule has 4 N–H and O–H groups in total. The van der Waals surface area contributed by atoms with Crippen LogP contribution in [0.3, 0.4) is 0 Å². The lowest BCUT2D eigenvalue weighted by Gasteiger charge is -2.24. The van der Waals surface area contributed by atoms with Crippen LogP contribution in [-0.4, -0.2) is 40.6 Å². The second-order valence-corrected chi connectivity index (χ2v) is 12.2. The molecule has 4 aromatic carbocycles. The summed E-state index contributed by atoms with van der Waals surface area (Å²) in [6, 6.07) is 20.4. The number of phenols is 2. The van der Waals surface area contributed by atoms with Gasteiger partial charge in [0.25, 0.3) is 0 Å². The largest absolute Gasteiger partial charge is 0.508 e. The van der Waals surface area contributed by atoms with E-state index in [2.05, 4.69) is 55.2 Å². The third kappa shape index (κ3) is 5.88. The highest BCUT2D eigenvalue weighted by molar-refractivity contribution is 6.07. The van der Waals surface area contributed by atoms with Crippen LogP contribution in [-0.2, 0) is 6.42 Å². The second-order valence-electron chi connectivity index (χ2n) is 12.2. The van der Waals surface area contributed by atoms with E-state index in [-0.39, 0.29) is 58.5 Å². The molecular formula is C38H39NO7. The quantitative estimate of drug-likeness (QED) is 0.102. The van der Waals surface area contributed by atoms with Crippen LogP contribution in [0.5, 0.6) is 23.0 Å². The number of hydrogen-bond acceptors (Lipinski definition) is 7. The Morgan fingerprint density at radius 3 is 2.46 bits per heavy atom. The number of hydrogen-bond donors (Lipinski definition) is 4. The highest BCUT2D eigenvalue weighted by Gasteiger charge is 2.31. The van der Waals surface area contributed by atoms with Crippen LogP contribution in [0.1, 0.15) is 50.2 Å². The first kappa shape index (κ1) is 31.0. The number of phenolic OH excluding ortho intramolecular Hbond substituents is 2. The van der Waals surface area contributed by atoms with Gasteiger partial charge >= 0.3 is 0 Å². The minimum atomic E-state index is -0.356. The van der Waals surface area contributed by atoms with Crippen molar-refractivity contribution in [3.8, 4) is 34.3 Å². The summed E-state index contributed by atoms with van der Waals surface area (Å²) in [7, 11) is 1.44. The van der Waals surface area contributed by atoms with Gasteiger partial charge in [-0.3, -0.25) is 4.79 Å². The normalized spacial score (nSPS) is 12.4. The third-order valence-corrected chi connectivity index (χ3v) is 8.65. The summed E-state index contributed by atoms with van der Waals surface area (Å²) in [6.45, 7) is 4.34. The number of aromatic amines is 1. The lowest BCUT2D eigenvalue weighted by atomic mass is 9.83. The van der Waals surface area contributed by atoms with Gasteiger partial charge in [-0.1, -0.05) is 44.5 Å². The lowest BCUT2D eigenvalue weighted by molar-refractivity contribution is 0.228. The summed E-state index contributed by atoms with van der Waals surface area (Å²) < 4.78 is 18.3. The van der Waals surface area contributed by atoms with Crippen molar-refractivity contribution in [3.05, 3.63) is 94.3 Å². The molecule has 0 radical (unpaired) electrons. The summed E-state index contributed by atoms with van der Waals surface area (Å²) in [6.07, 6.45) is 4.43. The monoisotopic (exact) mass is 621 g/mol. The van der Waals surface area contributed by atoms with Crippen LogP contribution in [0.2, 0.25) is 0 Å². The molecule has 2 aromatic heterocycles. The van der Waals surface area contributed by atoms with Gasteiger partial charge in [0.05, 0.1) is 13.7 Å². The van der Waals surface area contributed by atoms with Gasteiger partial charge < -0.3 is 34.2 Å². The summed E-state index contributed by atoms with van der Waals surface area (Å²) in [5.41, 5.74) is 3.14. The van der Waals surface area contributed by atoms with Crippen molar-refractivity contribution in [3.63, 3.8) is 0 Å². The number of ether oxygens (including phenoxy) is 2. The minimum absolute atomic E-state index is 0.0617. The zero-order valence-electron chi connectivity index (χ0n) is 26.3. The Balaban J connectivity index is 1.60. The van der Waals surface area contributed by atoms with Crippen molar-refractivity contribution in [2.45, 2.75) is 45.4 Å².